The average molecular weight is 220 g/mol. The molecule has 3 heteroatoms. The van der Waals surface area contributed by atoms with Crippen LogP contribution in [0.1, 0.15) is 23.6 Å². The summed E-state index contributed by atoms with van der Waals surface area (Å²) in [5, 5.41) is 0. The fourth-order valence-corrected chi connectivity index (χ4v) is 2.07. The number of epoxide rings is 1. The molecule has 2 rings (SSSR count). The third-order valence-electron chi connectivity index (χ3n) is 3.02. The number of esters is 1. The summed E-state index contributed by atoms with van der Waals surface area (Å²) in [6, 6.07) is 6.20. The molecule has 0 aromatic heterocycles. The SMILES string of the molecule is COC(=O)C1OC1(C)c1cc(C)cc(C)c1. The second-order valence-corrected chi connectivity index (χ2v) is 4.50. The van der Waals surface area contributed by atoms with E-state index in [9.17, 15) is 4.79 Å². The summed E-state index contributed by atoms with van der Waals surface area (Å²) in [5.41, 5.74) is 2.88. The van der Waals surface area contributed by atoms with Crippen LogP contribution in [0.4, 0.5) is 0 Å². The summed E-state index contributed by atoms with van der Waals surface area (Å²) in [4.78, 5) is 11.4. The van der Waals surface area contributed by atoms with Gasteiger partial charge >= 0.3 is 5.97 Å². The van der Waals surface area contributed by atoms with Crippen molar-refractivity contribution in [2.45, 2.75) is 32.5 Å². The predicted octanol–water partition coefficient (Wildman–Crippen LogP) is 2.09. The van der Waals surface area contributed by atoms with Gasteiger partial charge in [-0.25, -0.2) is 4.79 Å². The van der Waals surface area contributed by atoms with Crippen LogP contribution in [0, 0.1) is 13.8 Å². The molecule has 0 N–H and O–H groups in total. The maximum atomic E-state index is 11.4. The van der Waals surface area contributed by atoms with E-state index in [1.165, 1.54) is 18.2 Å². The Hall–Kier alpha value is -1.35. The predicted molar refractivity (Wildman–Crippen MR) is 60.2 cm³/mol. The van der Waals surface area contributed by atoms with Crippen molar-refractivity contribution in [3.63, 3.8) is 0 Å². The number of rotatable bonds is 2. The highest BCUT2D eigenvalue weighted by molar-refractivity contribution is 5.79. The first-order valence-corrected chi connectivity index (χ1v) is 5.32. The number of hydrogen-bond donors (Lipinski definition) is 0. The minimum atomic E-state index is -0.510. The third kappa shape index (κ3) is 1.71. The Bertz CT molecular complexity index is 419. The van der Waals surface area contributed by atoms with Gasteiger partial charge in [0.05, 0.1) is 7.11 Å². The molecule has 0 aliphatic carbocycles. The zero-order chi connectivity index (χ0) is 11.9. The van der Waals surface area contributed by atoms with Crippen molar-refractivity contribution in [3.8, 4) is 0 Å². The molecule has 3 nitrogen and oxygen atoms in total. The molecule has 1 aliphatic rings. The van der Waals surface area contributed by atoms with Crippen molar-refractivity contribution in [2.24, 2.45) is 0 Å². The molecule has 1 saturated heterocycles. The number of carbonyl (C=O) groups is 1. The zero-order valence-corrected chi connectivity index (χ0v) is 10.0. The van der Waals surface area contributed by atoms with E-state index in [0.717, 1.165) is 5.56 Å². The van der Waals surface area contributed by atoms with Gasteiger partial charge in [-0.1, -0.05) is 29.3 Å². The van der Waals surface area contributed by atoms with E-state index < -0.39 is 11.7 Å². The molecule has 1 heterocycles. The van der Waals surface area contributed by atoms with Crippen LogP contribution in [0.5, 0.6) is 0 Å². The van der Waals surface area contributed by atoms with E-state index in [1.54, 1.807) is 0 Å². The van der Waals surface area contributed by atoms with Gasteiger partial charge < -0.3 is 9.47 Å². The van der Waals surface area contributed by atoms with E-state index in [-0.39, 0.29) is 5.97 Å². The van der Waals surface area contributed by atoms with Crippen LogP contribution in [-0.2, 0) is 19.9 Å². The van der Waals surface area contributed by atoms with Crippen molar-refractivity contribution in [1.82, 2.24) is 0 Å². The lowest BCUT2D eigenvalue weighted by Crippen LogP contribution is -2.17. The van der Waals surface area contributed by atoms with Crippen molar-refractivity contribution < 1.29 is 14.3 Å². The molecule has 16 heavy (non-hydrogen) atoms. The Morgan fingerprint density at radius 1 is 1.31 bits per heavy atom. The number of benzene rings is 1. The fraction of sp³-hybridized carbons (Fsp3) is 0.462. The Morgan fingerprint density at radius 2 is 1.88 bits per heavy atom. The zero-order valence-electron chi connectivity index (χ0n) is 10.0. The van der Waals surface area contributed by atoms with Gasteiger partial charge in [-0.15, -0.1) is 0 Å². The summed E-state index contributed by atoms with van der Waals surface area (Å²) >= 11 is 0. The molecule has 1 aromatic rings. The molecule has 1 aliphatic heterocycles. The molecule has 0 bridgehead atoms. The molecular formula is C13H16O3. The molecule has 0 spiro atoms. The van der Waals surface area contributed by atoms with Crippen molar-refractivity contribution in [3.05, 3.63) is 34.9 Å². The lowest BCUT2D eigenvalue weighted by Gasteiger charge is -2.09. The second kappa shape index (κ2) is 3.59. The highest BCUT2D eigenvalue weighted by Gasteiger charge is 2.59. The number of aryl methyl sites for hydroxylation is 2. The van der Waals surface area contributed by atoms with Gasteiger partial charge in [-0.05, 0) is 26.3 Å². The normalized spacial score (nSPS) is 27.6. The first kappa shape index (κ1) is 11.1. The van der Waals surface area contributed by atoms with E-state index in [0.29, 0.717) is 0 Å². The van der Waals surface area contributed by atoms with Crippen LogP contribution in [0.25, 0.3) is 0 Å². The lowest BCUT2D eigenvalue weighted by atomic mass is 9.94. The minimum Gasteiger partial charge on any atom is -0.467 e. The second-order valence-electron chi connectivity index (χ2n) is 4.50. The Morgan fingerprint density at radius 3 is 2.38 bits per heavy atom. The monoisotopic (exact) mass is 220 g/mol. The van der Waals surface area contributed by atoms with Gasteiger partial charge in [0, 0.05) is 0 Å². The van der Waals surface area contributed by atoms with E-state index in [4.69, 9.17) is 4.74 Å². The Labute approximate surface area is 95.4 Å². The van der Waals surface area contributed by atoms with E-state index in [2.05, 4.69) is 22.9 Å². The Balaban J connectivity index is 2.29. The standard InChI is InChI=1S/C13H16O3/c1-8-5-9(2)7-10(6-8)13(3)11(16-13)12(14)15-4/h5-7,11H,1-4H3. The lowest BCUT2D eigenvalue weighted by molar-refractivity contribution is -0.142. The number of methoxy groups -OCH3 is 1. The largest absolute Gasteiger partial charge is 0.467 e. The summed E-state index contributed by atoms with van der Waals surface area (Å²) in [6.07, 6.45) is -0.460. The summed E-state index contributed by atoms with van der Waals surface area (Å²) in [6.45, 7) is 5.99. The van der Waals surface area contributed by atoms with Gasteiger partial charge in [0.15, 0.2) is 6.10 Å². The number of carbonyl (C=O) groups excluding carboxylic acids is 1. The first-order chi connectivity index (χ1) is 7.47. The first-order valence-electron chi connectivity index (χ1n) is 5.32. The van der Waals surface area contributed by atoms with Gasteiger partial charge in [0.25, 0.3) is 0 Å². The number of ether oxygens (including phenoxy) is 2. The third-order valence-corrected chi connectivity index (χ3v) is 3.02. The highest BCUT2D eigenvalue weighted by Crippen LogP contribution is 2.46. The van der Waals surface area contributed by atoms with Gasteiger partial charge in [-0.2, -0.15) is 0 Å². The maximum Gasteiger partial charge on any atom is 0.338 e. The molecule has 86 valence electrons. The average Bonchev–Trinajstić information content (AvgIpc) is 2.90. The fourth-order valence-electron chi connectivity index (χ4n) is 2.07. The van der Waals surface area contributed by atoms with Crippen LogP contribution >= 0.6 is 0 Å². The van der Waals surface area contributed by atoms with Crippen LogP contribution < -0.4 is 0 Å². The molecule has 1 aromatic carbocycles. The van der Waals surface area contributed by atoms with Crippen LogP contribution in [0.15, 0.2) is 18.2 Å². The summed E-state index contributed by atoms with van der Waals surface area (Å²) in [5.74, 6) is -0.304. The summed E-state index contributed by atoms with van der Waals surface area (Å²) < 4.78 is 10.2. The quantitative estimate of drug-likeness (QED) is 0.566. The molecule has 0 amide bonds. The van der Waals surface area contributed by atoms with Crippen molar-refractivity contribution in [1.29, 1.82) is 0 Å². The van der Waals surface area contributed by atoms with Crippen LogP contribution in [0.2, 0.25) is 0 Å². The molecule has 2 unspecified atom stereocenters. The van der Waals surface area contributed by atoms with Crippen molar-refractivity contribution in [2.75, 3.05) is 7.11 Å². The molecule has 0 saturated carbocycles. The number of hydrogen-bond acceptors (Lipinski definition) is 3. The van der Waals surface area contributed by atoms with E-state index >= 15 is 0 Å². The van der Waals surface area contributed by atoms with Crippen LogP contribution in [0.3, 0.4) is 0 Å². The van der Waals surface area contributed by atoms with Crippen LogP contribution in [-0.4, -0.2) is 19.2 Å². The minimum absolute atomic E-state index is 0.304. The smallest absolute Gasteiger partial charge is 0.338 e. The molecular weight excluding hydrogens is 204 g/mol. The summed E-state index contributed by atoms with van der Waals surface area (Å²) in [7, 11) is 1.38. The molecule has 1 fully saturated rings. The maximum absolute atomic E-state index is 11.4. The van der Waals surface area contributed by atoms with Gasteiger partial charge in [0.2, 0.25) is 0 Å². The molecule has 2 atom stereocenters. The highest BCUT2D eigenvalue weighted by atomic mass is 16.6. The van der Waals surface area contributed by atoms with Crippen molar-refractivity contribution >= 4 is 5.97 Å². The van der Waals surface area contributed by atoms with Gasteiger partial charge in [0.1, 0.15) is 5.60 Å². The van der Waals surface area contributed by atoms with Gasteiger partial charge in [-0.3, -0.25) is 0 Å². The topological polar surface area (TPSA) is 38.8 Å². The molecule has 0 radical (unpaired) electrons. The van der Waals surface area contributed by atoms with E-state index in [1.807, 2.05) is 20.8 Å². The Kier molecular flexibility index (Phi) is 2.50.